The first-order valence-electron chi connectivity index (χ1n) is 4.08. The third-order valence-corrected chi connectivity index (χ3v) is 2.23. The highest BCUT2D eigenvalue weighted by Gasteiger charge is 1.91. The first kappa shape index (κ1) is 10.1. The minimum Gasteiger partial charge on any atom is -0.0940 e. The largest absolute Gasteiger partial charge is 0.0940 e. The first-order valence-corrected chi connectivity index (χ1v) is 4.87. The van der Waals surface area contributed by atoms with E-state index in [1.807, 2.05) is 12.1 Å². The van der Waals surface area contributed by atoms with Gasteiger partial charge in [-0.3, -0.25) is 0 Å². The second-order valence-electron chi connectivity index (χ2n) is 2.68. The van der Waals surface area contributed by atoms with Gasteiger partial charge in [0.05, 0.1) is 0 Å². The number of aryl methyl sites for hydroxylation is 1. The van der Waals surface area contributed by atoms with Crippen LogP contribution in [0.25, 0.3) is 10.4 Å². The van der Waals surface area contributed by atoms with E-state index in [2.05, 4.69) is 38.1 Å². The third kappa shape index (κ3) is 3.97. The van der Waals surface area contributed by atoms with Crippen LogP contribution >= 0.6 is 15.9 Å². The molecule has 1 aromatic rings. The van der Waals surface area contributed by atoms with Crippen LogP contribution in [0.15, 0.2) is 33.9 Å². The van der Waals surface area contributed by atoms with Crippen molar-refractivity contribution in [2.45, 2.75) is 12.8 Å². The maximum absolute atomic E-state index is 8.05. The highest BCUT2D eigenvalue weighted by molar-refractivity contribution is 9.10. The summed E-state index contributed by atoms with van der Waals surface area (Å²) in [5, 5.41) is 3.48. The average Bonchev–Trinajstić information content (AvgIpc) is 2.15. The fraction of sp³-hybridized carbons (Fsp3) is 0.333. The van der Waals surface area contributed by atoms with E-state index in [-0.39, 0.29) is 0 Å². The van der Waals surface area contributed by atoms with E-state index >= 15 is 0 Å². The SMILES string of the molecule is [N-]=[N+]=NCCCc1ccc(Br)cc1. The molecule has 4 heteroatoms. The zero-order chi connectivity index (χ0) is 9.52. The topological polar surface area (TPSA) is 48.8 Å². The van der Waals surface area contributed by atoms with Crippen molar-refractivity contribution in [3.63, 3.8) is 0 Å². The van der Waals surface area contributed by atoms with Crippen molar-refractivity contribution in [2.75, 3.05) is 6.54 Å². The quantitative estimate of drug-likeness (QED) is 0.333. The van der Waals surface area contributed by atoms with Crippen LogP contribution in [0.4, 0.5) is 0 Å². The molecule has 0 aromatic heterocycles. The Balaban J connectivity index is 2.37. The Labute approximate surface area is 85.5 Å². The minimum atomic E-state index is 0.576. The van der Waals surface area contributed by atoms with Crippen LogP contribution in [0.1, 0.15) is 12.0 Å². The molecule has 13 heavy (non-hydrogen) atoms. The van der Waals surface area contributed by atoms with E-state index in [0.717, 1.165) is 17.3 Å². The Hall–Kier alpha value is -0.990. The van der Waals surface area contributed by atoms with Crippen LogP contribution in [0.3, 0.4) is 0 Å². The van der Waals surface area contributed by atoms with E-state index in [9.17, 15) is 0 Å². The third-order valence-electron chi connectivity index (χ3n) is 1.70. The molecule has 0 aliphatic carbocycles. The van der Waals surface area contributed by atoms with Crippen molar-refractivity contribution < 1.29 is 0 Å². The van der Waals surface area contributed by atoms with Gasteiger partial charge in [0.2, 0.25) is 0 Å². The van der Waals surface area contributed by atoms with Gasteiger partial charge in [0.15, 0.2) is 0 Å². The molecule has 0 amide bonds. The van der Waals surface area contributed by atoms with Crippen molar-refractivity contribution >= 4 is 15.9 Å². The zero-order valence-corrected chi connectivity index (χ0v) is 8.74. The van der Waals surface area contributed by atoms with Gasteiger partial charge in [-0.25, -0.2) is 0 Å². The summed E-state index contributed by atoms with van der Waals surface area (Å²) < 4.78 is 1.09. The van der Waals surface area contributed by atoms with E-state index in [0.29, 0.717) is 6.54 Å². The fourth-order valence-electron chi connectivity index (χ4n) is 1.05. The van der Waals surface area contributed by atoms with Crippen LogP contribution < -0.4 is 0 Å². The van der Waals surface area contributed by atoms with Crippen LogP contribution in [-0.4, -0.2) is 6.54 Å². The van der Waals surface area contributed by atoms with Crippen LogP contribution in [-0.2, 0) is 6.42 Å². The van der Waals surface area contributed by atoms with Gasteiger partial charge in [0, 0.05) is 15.9 Å². The lowest BCUT2D eigenvalue weighted by atomic mass is 10.1. The summed E-state index contributed by atoms with van der Waals surface area (Å²) in [4.78, 5) is 2.70. The van der Waals surface area contributed by atoms with E-state index in [1.54, 1.807) is 0 Å². The molecule has 0 atom stereocenters. The van der Waals surface area contributed by atoms with E-state index < -0.39 is 0 Å². The molecule has 0 spiro atoms. The lowest BCUT2D eigenvalue weighted by molar-refractivity contribution is 0.827. The number of hydrogen-bond donors (Lipinski definition) is 0. The Morgan fingerprint density at radius 2 is 2.00 bits per heavy atom. The maximum atomic E-state index is 8.05. The molecular weight excluding hydrogens is 230 g/mol. The van der Waals surface area contributed by atoms with Gasteiger partial charge in [-0.2, -0.15) is 0 Å². The number of rotatable bonds is 4. The minimum absolute atomic E-state index is 0.576. The van der Waals surface area contributed by atoms with Crippen molar-refractivity contribution in [1.29, 1.82) is 0 Å². The summed E-state index contributed by atoms with van der Waals surface area (Å²) >= 11 is 3.37. The number of hydrogen-bond acceptors (Lipinski definition) is 1. The highest BCUT2D eigenvalue weighted by atomic mass is 79.9. The van der Waals surface area contributed by atoms with Crippen molar-refractivity contribution in [3.8, 4) is 0 Å². The Morgan fingerprint density at radius 3 is 2.62 bits per heavy atom. The van der Waals surface area contributed by atoms with Crippen LogP contribution in [0.2, 0.25) is 0 Å². The molecule has 0 saturated heterocycles. The molecule has 0 aliphatic heterocycles. The summed E-state index contributed by atoms with van der Waals surface area (Å²) in [5.74, 6) is 0. The van der Waals surface area contributed by atoms with Gasteiger partial charge >= 0.3 is 0 Å². The predicted octanol–water partition coefficient (Wildman–Crippen LogP) is 3.69. The molecule has 0 saturated carbocycles. The standard InChI is InChI=1S/C9H10BrN3/c10-9-5-3-8(4-6-9)2-1-7-12-13-11/h3-6H,1-2,7H2. The zero-order valence-electron chi connectivity index (χ0n) is 7.15. The number of azide groups is 1. The Bertz CT molecular complexity index is 301. The van der Waals surface area contributed by atoms with Gasteiger partial charge in [-0.15, -0.1) is 0 Å². The molecule has 0 N–H and O–H groups in total. The number of benzene rings is 1. The summed E-state index contributed by atoms with van der Waals surface area (Å²) in [5.41, 5.74) is 9.33. The second-order valence-corrected chi connectivity index (χ2v) is 3.60. The van der Waals surface area contributed by atoms with Crippen molar-refractivity contribution in [3.05, 3.63) is 44.7 Å². The smallest absolute Gasteiger partial charge is 0.0261 e. The van der Waals surface area contributed by atoms with Gasteiger partial charge in [-0.1, -0.05) is 33.2 Å². The molecule has 1 aromatic carbocycles. The van der Waals surface area contributed by atoms with Gasteiger partial charge in [0.25, 0.3) is 0 Å². The van der Waals surface area contributed by atoms with Crippen molar-refractivity contribution in [1.82, 2.24) is 0 Å². The van der Waals surface area contributed by atoms with Crippen LogP contribution in [0, 0.1) is 0 Å². The molecule has 0 heterocycles. The summed E-state index contributed by atoms with van der Waals surface area (Å²) in [6.45, 7) is 0.576. The van der Waals surface area contributed by atoms with E-state index in [1.165, 1.54) is 5.56 Å². The maximum Gasteiger partial charge on any atom is 0.0261 e. The predicted molar refractivity (Wildman–Crippen MR) is 56.5 cm³/mol. The number of nitrogens with zero attached hydrogens (tertiary/aromatic N) is 3. The van der Waals surface area contributed by atoms with Gasteiger partial charge in [-0.05, 0) is 36.1 Å². The molecule has 0 bridgehead atoms. The van der Waals surface area contributed by atoms with Gasteiger partial charge < -0.3 is 0 Å². The molecular formula is C9H10BrN3. The van der Waals surface area contributed by atoms with Crippen molar-refractivity contribution in [2.24, 2.45) is 5.11 Å². The average molecular weight is 240 g/mol. The summed E-state index contributed by atoms with van der Waals surface area (Å²) in [7, 11) is 0. The molecule has 0 aliphatic rings. The lowest BCUT2D eigenvalue weighted by Crippen LogP contribution is -1.86. The molecule has 3 nitrogen and oxygen atoms in total. The second kappa shape index (κ2) is 5.62. The van der Waals surface area contributed by atoms with E-state index in [4.69, 9.17) is 5.53 Å². The Morgan fingerprint density at radius 1 is 1.31 bits per heavy atom. The summed E-state index contributed by atoms with van der Waals surface area (Å²) in [6.07, 6.45) is 1.87. The van der Waals surface area contributed by atoms with Gasteiger partial charge in [0.1, 0.15) is 0 Å². The molecule has 0 fully saturated rings. The van der Waals surface area contributed by atoms with Crippen LogP contribution in [0.5, 0.6) is 0 Å². The monoisotopic (exact) mass is 239 g/mol. The number of halogens is 1. The molecule has 0 radical (unpaired) electrons. The normalized spacial score (nSPS) is 9.31. The Kier molecular flexibility index (Phi) is 4.36. The summed E-state index contributed by atoms with van der Waals surface area (Å²) in [6, 6.07) is 8.17. The highest BCUT2D eigenvalue weighted by Crippen LogP contribution is 2.11. The molecule has 0 unspecified atom stereocenters. The molecule has 1 rings (SSSR count). The fourth-order valence-corrected chi connectivity index (χ4v) is 1.31. The lowest BCUT2D eigenvalue weighted by Gasteiger charge is -1.98. The molecule has 68 valence electrons. The first-order chi connectivity index (χ1) is 6.33.